The quantitative estimate of drug-likeness (QED) is 0.943. The van der Waals surface area contributed by atoms with Crippen LogP contribution in [0, 0.1) is 6.92 Å². The Balaban J connectivity index is 1.67. The van der Waals surface area contributed by atoms with Crippen LogP contribution < -0.4 is 10.2 Å². The molecular weight excluding hydrogens is 290 g/mol. The molecule has 1 aliphatic heterocycles. The lowest BCUT2D eigenvalue weighted by atomic mass is 10.1. The number of nitrogens with one attached hydrogen (secondary N) is 1. The lowest BCUT2D eigenvalue weighted by molar-refractivity contribution is 0.102. The van der Waals surface area contributed by atoms with E-state index in [1.807, 2.05) is 12.1 Å². The summed E-state index contributed by atoms with van der Waals surface area (Å²) in [7, 11) is 0. The Hall–Kier alpha value is -2.27. The smallest absolute Gasteiger partial charge is 0.258 e. The topological polar surface area (TPSA) is 48.7 Å². The van der Waals surface area contributed by atoms with Crippen LogP contribution in [0.1, 0.15) is 22.8 Å². The Morgan fingerprint density at radius 2 is 2.00 bits per heavy atom. The lowest BCUT2D eigenvalue weighted by Gasteiger charge is -2.36. The van der Waals surface area contributed by atoms with Crippen molar-refractivity contribution < 1.29 is 9.21 Å². The molecule has 1 amide bonds. The number of piperazine rings is 1. The number of carbonyl (C=O) groups excluding carboxylic acids is 1. The number of likely N-dealkylation sites (N-methyl/N-ethyl adjacent to an activating group) is 1. The van der Waals surface area contributed by atoms with Gasteiger partial charge in [0, 0.05) is 37.6 Å². The van der Waals surface area contributed by atoms with Crippen molar-refractivity contribution in [3.8, 4) is 0 Å². The van der Waals surface area contributed by atoms with Crippen LogP contribution in [0.4, 0.5) is 11.4 Å². The van der Waals surface area contributed by atoms with Gasteiger partial charge < -0.3 is 19.5 Å². The van der Waals surface area contributed by atoms with Crippen LogP contribution in [0.15, 0.2) is 41.2 Å². The maximum Gasteiger partial charge on any atom is 0.258 e. The van der Waals surface area contributed by atoms with Gasteiger partial charge in [-0.25, -0.2) is 0 Å². The second kappa shape index (κ2) is 6.87. The normalized spacial score (nSPS) is 15.7. The summed E-state index contributed by atoms with van der Waals surface area (Å²) in [6, 6.07) is 7.75. The van der Waals surface area contributed by atoms with Crippen molar-refractivity contribution in [1.82, 2.24) is 4.90 Å². The van der Waals surface area contributed by atoms with Gasteiger partial charge in [-0.2, -0.15) is 0 Å². The number of benzene rings is 1. The van der Waals surface area contributed by atoms with E-state index in [1.54, 1.807) is 6.07 Å². The zero-order valence-electron chi connectivity index (χ0n) is 13.7. The van der Waals surface area contributed by atoms with Crippen molar-refractivity contribution in [1.29, 1.82) is 0 Å². The maximum absolute atomic E-state index is 12.1. The molecule has 1 aliphatic rings. The zero-order valence-corrected chi connectivity index (χ0v) is 13.7. The molecule has 3 rings (SSSR count). The summed E-state index contributed by atoms with van der Waals surface area (Å²) in [5.41, 5.74) is 3.77. The number of anilines is 2. The molecule has 122 valence electrons. The Kier molecular flexibility index (Phi) is 4.67. The molecular formula is C18H23N3O2. The van der Waals surface area contributed by atoms with Crippen LogP contribution in [-0.2, 0) is 0 Å². The molecule has 0 radical (unpaired) electrons. The van der Waals surface area contributed by atoms with Gasteiger partial charge in [-0.1, -0.05) is 6.92 Å². The minimum atomic E-state index is -0.150. The maximum atomic E-state index is 12.1. The van der Waals surface area contributed by atoms with Crippen LogP contribution in [0.2, 0.25) is 0 Å². The van der Waals surface area contributed by atoms with E-state index in [2.05, 4.69) is 35.0 Å². The van der Waals surface area contributed by atoms with Crippen molar-refractivity contribution in [2.45, 2.75) is 13.8 Å². The minimum Gasteiger partial charge on any atom is -0.472 e. The van der Waals surface area contributed by atoms with E-state index in [0.29, 0.717) is 5.56 Å². The number of aryl methyl sites for hydroxylation is 1. The van der Waals surface area contributed by atoms with Crippen LogP contribution in [0.25, 0.3) is 0 Å². The number of amides is 1. The second-order valence-corrected chi connectivity index (χ2v) is 5.89. The summed E-state index contributed by atoms with van der Waals surface area (Å²) in [4.78, 5) is 16.9. The molecule has 23 heavy (non-hydrogen) atoms. The molecule has 1 N–H and O–H groups in total. The third-order valence-electron chi connectivity index (χ3n) is 4.40. The first kappa shape index (κ1) is 15.6. The Morgan fingerprint density at radius 3 is 2.61 bits per heavy atom. The van der Waals surface area contributed by atoms with Crippen molar-refractivity contribution in [3.05, 3.63) is 47.9 Å². The molecule has 1 aromatic heterocycles. The number of nitrogens with zero attached hydrogens (tertiary/aromatic N) is 2. The van der Waals surface area contributed by atoms with Crippen molar-refractivity contribution in [2.75, 3.05) is 42.9 Å². The molecule has 5 heteroatoms. The van der Waals surface area contributed by atoms with Crippen LogP contribution in [0.5, 0.6) is 0 Å². The van der Waals surface area contributed by atoms with Gasteiger partial charge >= 0.3 is 0 Å². The largest absolute Gasteiger partial charge is 0.472 e. The molecule has 2 aromatic rings. The molecule has 0 atom stereocenters. The van der Waals surface area contributed by atoms with Crippen LogP contribution >= 0.6 is 0 Å². The Labute approximate surface area is 136 Å². The first-order valence-electron chi connectivity index (χ1n) is 8.09. The first-order valence-corrected chi connectivity index (χ1v) is 8.09. The predicted molar refractivity (Wildman–Crippen MR) is 92.2 cm³/mol. The van der Waals surface area contributed by atoms with E-state index in [0.717, 1.165) is 38.4 Å². The monoisotopic (exact) mass is 313 g/mol. The number of hydrogen-bond acceptors (Lipinski definition) is 4. The van der Waals surface area contributed by atoms with Gasteiger partial charge in [0.05, 0.1) is 11.8 Å². The standard InChI is InChI=1S/C18H23N3O2/c1-3-20-7-9-21(10-8-20)17-5-4-16(12-14(17)2)19-18(22)15-6-11-23-13-15/h4-6,11-13H,3,7-10H2,1-2H3,(H,19,22). The Bertz CT molecular complexity index is 659. The van der Waals surface area contributed by atoms with Gasteiger partial charge in [0.25, 0.3) is 5.91 Å². The van der Waals surface area contributed by atoms with Crippen molar-refractivity contribution in [2.24, 2.45) is 0 Å². The van der Waals surface area contributed by atoms with Gasteiger partial charge in [0.2, 0.25) is 0 Å². The van der Waals surface area contributed by atoms with Gasteiger partial charge in [-0.3, -0.25) is 4.79 Å². The highest BCUT2D eigenvalue weighted by Crippen LogP contribution is 2.25. The van der Waals surface area contributed by atoms with Crippen LogP contribution in [0.3, 0.4) is 0 Å². The molecule has 1 fully saturated rings. The molecule has 0 aliphatic carbocycles. The molecule has 1 saturated heterocycles. The SMILES string of the molecule is CCN1CCN(c2ccc(NC(=O)c3ccoc3)cc2C)CC1. The summed E-state index contributed by atoms with van der Waals surface area (Å²) >= 11 is 0. The Morgan fingerprint density at radius 1 is 1.22 bits per heavy atom. The van der Waals surface area contributed by atoms with E-state index in [9.17, 15) is 4.79 Å². The second-order valence-electron chi connectivity index (χ2n) is 5.89. The average molecular weight is 313 g/mol. The zero-order chi connectivity index (χ0) is 16.2. The van der Waals surface area contributed by atoms with Gasteiger partial charge in [-0.05, 0) is 43.3 Å². The van der Waals surface area contributed by atoms with E-state index in [-0.39, 0.29) is 5.91 Å². The molecule has 0 bridgehead atoms. The number of furan rings is 1. The molecule has 0 unspecified atom stereocenters. The summed E-state index contributed by atoms with van der Waals surface area (Å²) in [6.07, 6.45) is 2.95. The fourth-order valence-electron chi connectivity index (χ4n) is 2.99. The minimum absolute atomic E-state index is 0.150. The highest BCUT2D eigenvalue weighted by Gasteiger charge is 2.17. The fraction of sp³-hybridized carbons (Fsp3) is 0.389. The van der Waals surface area contributed by atoms with Gasteiger partial charge in [-0.15, -0.1) is 0 Å². The third kappa shape index (κ3) is 3.56. The summed E-state index contributed by atoms with van der Waals surface area (Å²) in [6.45, 7) is 9.73. The molecule has 1 aromatic carbocycles. The van der Waals surface area contributed by atoms with Crippen molar-refractivity contribution in [3.63, 3.8) is 0 Å². The number of rotatable bonds is 4. The highest BCUT2D eigenvalue weighted by atomic mass is 16.3. The predicted octanol–water partition coefficient (Wildman–Crippen LogP) is 2.98. The van der Waals surface area contributed by atoms with E-state index in [4.69, 9.17) is 4.42 Å². The van der Waals surface area contributed by atoms with Crippen molar-refractivity contribution >= 4 is 17.3 Å². The molecule has 0 saturated carbocycles. The summed E-state index contributed by atoms with van der Waals surface area (Å²) < 4.78 is 4.94. The number of carbonyl (C=O) groups is 1. The highest BCUT2D eigenvalue weighted by molar-refractivity contribution is 6.04. The van der Waals surface area contributed by atoms with E-state index >= 15 is 0 Å². The molecule has 0 spiro atoms. The van der Waals surface area contributed by atoms with E-state index < -0.39 is 0 Å². The lowest BCUT2D eigenvalue weighted by Crippen LogP contribution is -2.46. The molecule has 5 nitrogen and oxygen atoms in total. The van der Waals surface area contributed by atoms with Gasteiger partial charge in [0.15, 0.2) is 0 Å². The molecule has 2 heterocycles. The summed E-state index contributed by atoms with van der Waals surface area (Å²) in [5, 5.41) is 2.91. The number of hydrogen-bond donors (Lipinski definition) is 1. The summed E-state index contributed by atoms with van der Waals surface area (Å²) in [5.74, 6) is -0.150. The van der Waals surface area contributed by atoms with E-state index in [1.165, 1.54) is 23.8 Å². The average Bonchev–Trinajstić information content (AvgIpc) is 3.10. The fourth-order valence-corrected chi connectivity index (χ4v) is 2.99. The first-order chi connectivity index (χ1) is 11.2. The van der Waals surface area contributed by atoms with Gasteiger partial charge in [0.1, 0.15) is 6.26 Å². The van der Waals surface area contributed by atoms with Crippen LogP contribution in [-0.4, -0.2) is 43.5 Å². The third-order valence-corrected chi connectivity index (χ3v) is 4.40.